The van der Waals surface area contributed by atoms with E-state index < -0.39 is 0 Å². The van der Waals surface area contributed by atoms with Gasteiger partial charge in [-0.25, -0.2) is 0 Å². The van der Waals surface area contributed by atoms with E-state index in [1.165, 1.54) is 40.0 Å². The number of hydrogen-bond donors (Lipinski definition) is 3. The molecule has 0 atom stereocenters. The smallest absolute Gasteiger partial charge is 0.212 e. The van der Waals surface area contributed by atoms with Gasteiger partial charge in [-0.3, -0.25) is 14.4 Å². The Hall–Kier alpha value is -5.31. The molecule has 4 aliphatic carbocycles. The molecule has 0 spiro atoms. The van der Waals surface area contributed by atoms with Crippen LogP contribution in [0, 0.1) is 17.8 Å². The second kappa shape index (κ2) is 12.3. The molecular formula is C40H41N3O6. The summed E-state index contributed by atoms with van der Waals surface area (Å²) in [4.78, 5) is 36.3. The van der Waals surface area contributed by atoms with Crippen LogP contribution in [0.2, 0.25) is 0 Å². The molecule has 9 nitrogen and oxygen atoms in total. The average Bonchev–Trinajstić information content (AvgIpc) is 3.04. The summed E-state index contributed by atoms with van der Waals surface area (Å²) in [7, 11) is 0. The van der Waals surface area contributed by atoms with Gasteiger partial charge >= 0.3 is 0 Å². The maximum Gasteiger partial charge on any atom is 0.212 e. The third-order valence-electron chi connectivity index (χ3n) is 10.6. The Balaban J connectivity index is 1.42. The van der Waals surface area contributed by atoms with Crippen molar-refractivity contribution >= 4 is 34.4 Å². The number of carbonyl (C=O) groups is 3. The van der Waals surface area contributed by atoms with Crippen LogP contribution >= 0.6 is 0 Å². The van der Waals surface area contributed by atoms with Gasteiger partial charge in [-0.1, -0.05) is 6.07 Å². The summed E-state index contributed by atoms with van der Waals surface area (Å²) in [5.74, 6) is 3.61. The fourth-order valence-electron chi connectivity index (χ4n) is 8.60. The van der Waals surface area contributed by atoms with Crippen LogP contribution in [0.5, 0.6) is 34.5 Å². The topological polar surface area (TPSA) is 157 Å². The van der Waals surface area contributed by atoms with Crippen molar-refractivity contribution in [3.63, 3.8) is 0 Å². The first-order valence-corrected chi connectivity index (χ1v) is 16.8. The number of ketones is 3. The van der Waals surface area contributed by atoms with E-state index in [-0.39, 0.29) is 39.9 Å². The minimum Gasteiger partial charge on any atom is -0.451 e. The molecule has 0 heterocycles. The minimum atomic E-state index is -0.138. The van der Waals surface area contributed by atoms with E-state index in [4.69, 9.17) is 31.4 Å². The van der Waals surface area contributed by atoms with Crippen LogP contribution in [0.25, 0.3) is 0 Å². The second-order valence-electron chi connectivity index (χ2n) is 14.2. The number of benzene rings is 4. The molecule has 4 aromatic carbocycles. The first kappa shape index (κ1) is 32.2. The summed E-state index contributed by atoms with van der Waals surface area (Å²) in [5, 5.41) is 0. The van der Waals surface area contributed by atoms with Crippen molar-refractivity contribution in [2.24, 2.45) is 17.8 Å². The lowest BCUT2D eigenvalue weighted by Crippen LogP contribution is -2.48. The van der Waals surface area contributed by atoms with E-state index in [0.29, 0.717) is 68.9 Å². The number of hydrogen-bond acceptors (Lipinski definition) is 9. The van der Waals surface area contributed by atoms with Crippen molar-refractivity contribution in [1.29, 1.82) is 0 Å². The highest BCUT2D eigenvalue weighted by Gasteiger charge is 2.53. The lowest BCUT2D eigenvalue weighted by molar-refractivity contribution is -0.00610. The molecule has 49 heavy (non-hydrogen) atoms. The summed E-state index contributed by atoms with van der Waals surface area (Å²) >= 11 is 0. The van der Waals surface area contributed by atoms with E-state index >= 15 is 0 Å². The number of ether oxygens (including phenoxy) is 3. The van der Waals surface area contributed by atoms with Crippen LogP contribution in [-0.2, 0) is 5.41 Å². The average molecular weight is 660 g/mol. The molecule has 0 aliphatic heterocycles. The maximum atomic E-state index is 12.1. The van der Waals surface area contributed by atoms with E-state index in [0.717, 1.165) is 24.8 Å². The lowest BCUT2D eigenvalue weighted by atomic mass is 9.48. The van der Waals surface area contributed by atoms with Gasteiger partial charge in [-0.05, 0) is 143 Å². The molecule has 4 fully saturated rings. The summed E-state index contributed by atoms with van der Waals surface area (Å²) < 4.78 is 20.0. The van der Waals surface area contributed by atoms with Crippen molar-refractivity contribution < 1.29 is 28.6 Å². The molecule has 4 aliphatic rings. The van der Waals surface area contributed by atoms with Gasteiger partial charge in [-0.15, -0.1) is 0 Å². The number of nitrogen functional groups attached to an aromatic ring is 3. The first-order valence-electron chi connectivity index (χ1n) is 16.8. The molecular weight excluding hydrogens is 618 g/mol. The summed E-state index contributed by atoms with van der Waals surface area (Å²) in [6.45, 7) is 4.44. The zero-order valence-corrected chi connectivity index (χ0v) is 28.0. The van der Waals surface area contributed by atoms with Crippen molar-refractivity contribution in [1.82, 2.24) is 0 Å². The summed E-state index contributed by atoms with van der Waals surface area (Å²) in [5.41, 5.74) is 22.5. The Morgan fingerprint density at radius 2 is 0.898 bits per heavy atom. The predicted molar refractivity (Wildman–Crippen MR) is 189 cm³/mol. The van der Waals surface area contributed by atoms with Gasteiger partial charge < -0.3 is 31.4 Å². The molecule has 9 heteroatoms. The molecule has 0 saturated heterocycles. The highest BCUT2D eigenvalue weighted by molar-refractivity contribution is 5.96. The van der Waals surface area contributed by atoms with Gasteiger partial charge in [0.05, 0.1) is 17.1 Å². The summed E-state index contributed by atoms with van der Waals surface area (Å²) in [6.07, 6.45) is 6.91. The molecule has 4 bridgehead atoms. The number of Topliss-reactive ketones (excluding diaryl/α,β-unsaturated/α-hetero) is 3. The fourth-order valence-corrected chi connectivity index (χ4v) is 8.60. The third-order valence-corrected chi connectivity index (χ3v) is 10.6. The van der Waals surface area contributed by atoms with Gasteiger partial charge in [0.2, 0.25) is 5.75 Å². The maximum absolute atomic E-state index is 12.1. The van der Waals surface area contributed by atoms with E-state index in [1.807, 2.05) is 6.07 Å². The molecule has 8 rings (SSSR count). The zero-order chi connectivity index (χ0) is 34.6. The van der Waals surface area contributed by atoms with Gasteiger partial charge in [0, 0.05) is 22.3 Å². The Morgan fingerprint density at radius 1 is 0.531 bits per heavy atom. The Labute approximate surface area is 285 Å². The molecule has 0 unspecified atom stereocenters. The Morgan fingerprint density at radius 3 is 1.29 bits per heavy atom. The van der Waals surface area contributed by atoms with Gasteiger partial charge in [0.1, 0.15) is 0 Å². The highest BCUT2D eigenvalue weighted by Crippen LogP contribution is 2.64. The highest BCUT2D eigenvalue weighted by atomic mass is 16.5. The van der Waals surface area contributed by atoms with E-state index in [9.17, 15) is 14.4 Å². The van der Waals surface area contributed by atoms with Gasteiger partial charge in [0.25, 0.3) is 0 Å². The SMILES string of the molecule is CC(=O)c1ccc(Oc2ccc(C34CC5CC(CC(C5)C3)C4)c(Oc3ccc(C(C)=O)cc3N)c2Oc2ccc(C(C)=O)cc2N)c(N)c1. The fraction of sp³-hybridized carbons (Fsp3) is 0.325. The Kier molecular flexibility index (Phi) is 8.09. The first-order chi connectivity index (χ1) is 23.4. The van der Waals surface area contributed by atoms with Crippen LogP contribution in [0.1, 0.15) is 95.9 Å². The van der Waals surface area contributed by atoms with Crippen molar-refractivity contribution in [2.45, 2.75) is 64.7 Å². The van der Waals surface area contributed by atoms with Gasteiger partial charge in [0.15, 0.2) is 46.1 Å². The van der Waals surface area contributed by atoms with Crippen LogP contribution in [-0.4, -0.2) is 17.3 Å². The second-order valence-corrected chi connectivity index (χ2v) is 14.2. The Bertz CT molecular complexity index is 1980. The zero-order valence-electron chi connectivity index (χ0n) is 28.0. The molecule has 0 amide bonds. The van der Waals surface area contributed by atoms with Crippen LogP contribution in [0.3, 0.4) is 0 Å². The standard InChI is InChI=1S/C40H41N3O6/c1-21(44)27-4-8-34(31(41)15-27)47-37-11-7-30(40-18-24-12-25(19-40)14-26(13-24)20-40)38(48-35-9-5-28(22(2)45)16-32(35)42)39(37)49-36-10-6-29(23(3)46)17-33(36)43/h4-11,15-17,24-26H,12-14,18-20,41-43H2,1-3H3. The molecule has 0 radical (unpaired) electrons. The van der Waals surface area contributed by atoms with E-state index in [1.54, 1.807) is 54.6 Å². The molecule has 4 aromatic rings. The molecule has 0 aromatic heterocycles. The third kappa shape index (κ3) is 6.09. The molecule has 252 valence electrons. The number of nitrogens with two attached hydrogens (primary N) is 3. The molecule has 4 saturated carbocycles. The number of carbonyl (C=O) groups excluding carboxylic acids is 3. The number of rotatable bonds is 10. The monoisotopic (exact) mass is 659 g/mol. The van der Waals surface area contributed by atoms with E-state index in [2.05, 4.69) is 6.07 Å². The summed E-state index contributed by atoms with van der Waals surface area (Å²) in [6, 6.07) is 18.7. The lowest BCUT2D eigenvalue weighted by Gasteiger charge is -2.57. The largest absolute Gasteiger partial charge is 0.451 e. The quantitative estimate of drug-likeness (QED) is 0.112. The van der Waals surface area contributed by atoms with Crippen LogP contribution in [0.15, 0.2) is 66.7 Å². The minimum absolute atomic E-state index is 0.107. The molecule has 6 N–H and O–H groups in total. The van der Waals surface area contributed by atoms with Gasteiger partial charge in [-0.2, -0.15) is 0 Å². The van der Waals surface area contributed by atoms with Crippen molar-refractivity contribution in [3.05, 3.63) is 89.0 Å². The normalized spacial score (nSPS) is 22.1. The van der Waals surface area contributed by atoms with Crippen molar-refractivity contribution in [3.8, 4) is 34.5 Å². The predicted octanol–water partition coefficient (Wildman–Crippen LogP) is 8.89. The number of anilines is 3. The van der Waals surface area contributed by atoms with Crippen molar-refractivity contribution in [2.75, 3.05) is 17.2 Å². The van der Waals surface area contributed by atoms with Crippen LogP contribution < -0.4 is 31.4 Å². The van der Waals surface area contributed by atoms with Crippen LogP contribution in [0.4, 0.5) is 17.1 Å².